The number of azo groups is 1. The first-order valence-corrected chi connectivity index (χ1v) is 10.3. The summed E-state index contributed by atoms with van der Waals surface area (Å²) < 4.78 is 35.4. The lowest BCUT2D eigenvalue weighted by atomic mass is 10.2. The predicted octanol–water partition coefficient (Wildman–Crippen LogP) is 2.30. The molecule has 1 heterocycles. The van der Waals surface area contributed by atoms with Gasteiger partial charge >= 0.3 is 5.97 Å². The van der Waals surface area contributed by atoms with E-state index in [0.29, 0.717) is 16.9 Å². The normalized spacial score (nSPS) is 16.7. The zero-order valence-electron chi connectivity index (χ0n) is 15.1. The SMILES string of the molecule is O=C(O)C1=NN(c2ccc(SOOO)cc2)C(=O)C1N=Nc1ccc(S(=O)(=O)O)cc1. The minimum Gasteiger partial charge on any atom is -0.477 e. The highest BCUT2D eigenvalue weighted by Gasteiger charge is 2.41. The van der Waals surface area contributed by atoms with E-state index < -0.39 is 33.7 Å². The summed E-state index contributed by atoms with van der Waals surface area (Å²) in [6.07, 6.45) is 0. The van der Waals surface area contributed by atoms with Gasteiger partial charge in [-0.15, -0.1) is 4.33 Å². The summed E-state index contributed by atoms with van der Waals surface area (Å²) in [4.78, 5) is 24.3. The number of amides is 1. The first kappa shape index (κ1) is 22.5. The standard InChI is InChI=1S/C16H12N4O9S2/c21-15-13(18-17-9-1-7-12(8-2-9)31(25,26)27)14(16(22)23)19-20(15)10-3-5-11(6-4-10)30-29-28-24/h1-8,13,24H,(H,22,23)(H,25,26,27). The molecule has 2 aromatic carbocycles. The van der Waals surface area contributed by atoms with Crippen LogP contribution in [-0.2, 0) is 29.1 Å². The van der Waals surface area contributed by atoms with Crippen molar-refractivity contribution in [3.8, 4) is 0 Å². The molecular weight excluding hydrogens is 456 g/mol. The minimum atomic E-state index is -4.38. The molecule has 0 aliphatic carbocycles. The van der Waals surface area contributed by atoms with Gasteiger partial charge in [0, 0.05) is 4.90 Å². The molecule has 31 heavy (non-hydrogen) atoms. The second kappa shape index (κ2) is 9.29. The number of hydrogen-bond acceptors (Lipinski definition) is 11. The molecule has 162 valence electrons. The molecule has 0 fully saturated rings. The lowest BCUT2D eigenvalue weighted by molar-refractivity contribution is -0.432. The van der Waals surface area contributed by atoms with Gasteiger partial charge in [-0.3, -0.25) is 9.35 Å². The molecule has 1 aliphatic heterocycles. The van der Waals surface area contributed by atoms with Gasteiger partial charge in [0.2, 0.25) is 6.04 Å². The highest BCUT2D eigenvalue weighted by Crippen LogP contribution is 2.27. The van der Waals surface area contributed by atoms with Gasteiger partial charge in [-0.25, -0.2) is 10.1 Å². The van der Waals surface area contributed by atoms with E-state index in [1.54, 1.807) is 0 Å². The molecule has 0 bridgehead atoms. The van der Waals surface area contributed by atoms with Crippen molar-refractivity contribution in [2.75, 3.05) is 5.01 Å². The first-order valence-electron chi connectivity index (χ1n) is 8.09. The van der Waals surface area contributed by atoms with E-state index in [1.165, 1.54) is 36.4 Å². The van der Waals surface area contributed by atoms with E-state index in [0.717, 1.165) is 17.1 Å². The van der Waals surface area contributed by atoms with Gasteiger partial charge in [-0.2, -0.15) is 28.8 Å². The predicted molar refractivity (Wildman–Crippen MR) is 104 cm³/mol. The smallest absolute Gasteiger partial charge is 0.355 e. The largest absolute Gasteiger partial charge is 0.477 e. The maximum atomic E-state index is 12.7. The lowest BCUT2D eigenvalue weighted by Gasteiger charge is -2.12. The summed E-state index contributed by atoms with van der Waals surface area (Å²) in [5, 5.41) is 33.2. The van der Waals surface area contributed by atoms with E-state index >= 15 is 0 Å². The van der Waals surface area contributed by atoms with Crippen molar-refractivity contribution in [1.82, 2.24) is 0 Å². The van der Waals surface area contributed by atoms with Crippen LogP contribution in [0.2, 0.25) is 0 Å². The van der Waals surface area contributed by atoms with Crippen LogP contribution in [0, 0.1) is 0 Å². The molecule has 0 spiro atoms. The molecule has 0 saturated heterocycles. The Balaban J connectivity index is 1.81. The van der Waals surface area contributed by atoms with Crippen molar-refractivity contribution in [3.05, 3.63) is 48.5 Å². The number of carboxylic acids is 1. The van der Waals surface area contributed by atoms with Crippen LogP contribution in [0.1, 0.15) is 0 Å². The van der Waals surface area contributed by atoms with Gasteiger partial charge in [0.25, 0.3) is 16.0 Å². The molecule has 15 heteroatoms. The van der Waals surface area contributed by atoms with Crippen molar-refractivity contribution in [3.63, 3.8) is 0 Å². The molecule has 1 atom stereocenters. The van der Waals surface area contributed by atoms with E-state index in [2.05, 4.69) is 24.7 Å². The topological polar surface area (TPSA) is 188 Å². The third kappa shape index (κ3) is 5.29. The number of carboxylic acid groups (broad SMARTS) is 1. The third-order valence-corrected chi connectivity index (χ3v) is 5.26. The van der Waals surface area contributed by atoms with Crippen LogP contribution in [0.15, 0.2) is 73.7 Å². The number of rotatable bonds is 8. The molecule has 1 unspecified atom stereocenters. The second-order valence-corrected chi connectivity index (χ2v) is 7.94. The van der Waals surface area contributed by atoms with Crippen molar-refractivity contribution in [2.45, 2.75) is 15.8 Å². The Morgan fingerprint density at radius 2 is 1.77 bits per heavy atom. The average molecular weight is 468 g/mol. The van der Waals surface area contributed by atoms with Crippen molar-refractivity contribution < 1.29 is 42.3 Å². The Bertz CT molecular complexity index is 1150. The van der Waals surface area contributed by atoms with E-state index in [-0.39, 0.29) is 16.3 Å². The summed E-state index contributed by atoms with van der Waals surface area (Å²) in [6.45, 7) is 0. The van der Waals surface area contributed by atoms with Crippen LogP contribution < -0.4 is 5.01 Å². The summed E-state index contributed by atoms with van der Waals surface area (Å²) in [5.41, 5.74) is -0.192. The maximum Gasteiger partial charge on any atom is 0.355 e. The van der Waals surface area contributed by atoms with Crippen LogP contribution >= 0.6 is 12.0 Å². The molecule has 2 aromatic rings. The van der Waals surface area contributed by atoms with Crippen LogP contribution in [0.25, 0.3) is 0 Å². The molecule has 3 rings (SSSR count). The van der Waals surface area contributed by atoms with Crippen LogP contribution in [0.5, 0.6) is 0 Å². The van der Waals surface area contributed by atoms with Crippen LogP contribution in [-0.4, -0.2) is 47.0 Å². The number of anilines is 1. The second-order valence-electron chi connectivity index (χ2n) is 5.75. The van der Waals surface area contributed by atoms with Gasteiger partial charge < -0.3 is 5.11 Å². The van der Waals surface area contributed by atoms with Gasteiger partial charge in [0.05, 0.1) is 28.3 Å². The number of aliphatic carboxylic acids is 1. The van der Waals surface area contributed by atoms with Gasteiger partial charge in [-0.05, 0) is 48.5 Å². The summed E-state index contributed by atoms with van der Waals surface area (Å²) >= 11 is 0.694. The average Bonchev–Trinajstić information content (AvgIpc) is 3.07. The fourth-order valence-electron chi connectivity index (χ4n) is 2.40. The van der Waals surface area contributed by atoms with Crippen molar-refractivity contribution in [1.29, 1.82) is 0 Å². The fourth-order valence-corrected chi connectivity index (χ4v) is 3.24. The Hall–Kier alpha value is -3.21. The number of hydrazone groups is 1. The molecule has 13 nitrogen and oxygen atoms in total. The van der Waals surface area contributed by atoms with E-state index in [1.807, 2.05) is 0 Å². The maximum absolute atomic E-state index is 12.7. The summed E-state index contributed by atoms with van der Waals surface area (Å²) in [5.74, 6) is -2.24. The van der Waals surface area contributed by atoms with Gasteiger partial charge in [-0.1, -0.05) is 5.04 Å². The number of hydrogen-bond donors (Lipinski definition) is 3. The quantitative estimate of drug-likeness (QED) is 0.170. The molecule has 3 N–H and O–H groups in total. The van der Waals surface area contributed by atoms with Crippen LogP contribution in [0.3, 0.4) is 0 Å². The van der Waals surface area contributed by atoms with Crippen LogP contribution in [0.4, 0.5) is 11.4 Å². The molecule has 1 amide bonds. The van der Waals surface area contributed by atoms with E-state index in [4.69, 9.17) is 9.81 Å². The third-order valence-electron chi connectivity index (χ3n) is 3.79. The van der Waals surface area contributed by atoms with Gasteiger partial charge in [0.15, 0.2) is 5.71 Å². The lowest BCUT2D eigenvalue weighted by Crippen LogP contribution is -2.32. The zero-order chi connectivity index (χ0) is 22.6. The number of carbonyl (C=O) groups is 2. The molecule has 0 saturated carbocycles. The minimum absolute atomic E-state index is 0.121. The Morgan fingerprint density at radius 1 is 1.13 bits per heavy atom. The molecule has 1 aliphatic rings. The summed E-state index contributed by atoms with van der Waals surface area (Å²) in [7, 11) is -4.38. The van der Waals surface area contributed by atoms with Gasteiger partial charge in [0.1, 0.15) is 0 Å². The first-order chi connectivity index (χ1) is 14.7. The monoisotopic (exact) mass is 468 g/mol. The molecular formula is C16H12N4O9S2. The number of benzene rings is 2. The molecule has 0 radical (unpaired) electrons. The van der Waals surface area contributed by atoms with E-state index in [9.17, 15) is 23.1 Å². The van der Waals surface area contributed by atoms with Crippen molar-refractivity contribution >= 4 is 51.1 Å². The fraction of sp³-hybridized carbons (Fsp3) is 0.0625. The zero-order valence-corrected chi connectivity index (χ0v) is 16.7. The number of carbonyl (C=O) groups excluding carboxylic acids is 1. The Kier molecular flexibility index (Phi) is 6.74. The highest BCUT2D eigenvalue weighted by atomic mass is 32.2. The summed E-state index contributed by atoms with van der Waals surface area (Å²) in [6, 6.07) is 8.98. The highest BCUT2D eigenvalue weighted by molar-refractivity contribution is 7.94. The Labute approximate surface area is 178 Å². The number of nitrogens with zero attached hydrogens (tertiary/aromatic N) is 4. The molecule has 0 aromatic heterocycles. The Morgan fingerprint density at radius 3 is 2.32 bits per heavy atom. The van der Waals surface area contributed by atoms with Crippen molar-refractivity contribution in [2.24, 2.45) is 15.3 Å².